The maximum Gasteiger partial charge on any atom is 0.335 e. The lowest BCUT2D eigenvalue weighted by Crippen LogP contribution is -2.20. The molecule has 0 heterocycles. The molecule has 2 aromatic rings. The van der Waals surface area contributed by atoms with Crippen LogP contribution in [0.15, 0.2) is 48.5 Å². The summed E-state index contributed by atoms with van der Waals surface area (Å²) >= 11 is 0. The predicted octanol–water partition coefficient (Wildman–Crippen LogP) is 1.76. The first-order valence-electron chi connectivity index (χ1n) is 6.09. The fourth-order valence-corrected chi connectivity index (χ4v) is 1.76. The molecule has 4 N–H and O–H groups in total. The Morgan fingerprint density at radius 1 is 1.05 bits per heavy atom. The van der Waals surface area contributed by atoms with Crippen LogP contribution in [0.1, 0.15) is 22.0 Å². The lowest BCUT2D eigenvalue weighted by Gasteiger charge is -2.12. The number of hydrogen-bond donors (Lipinski definition) is 4. The second-order valence-corrected chi connectivity index (χ2v) is 4.34. The second-order valence-electron chi connectivity index (χ2n) is 4.34. The Labute approximate surface area is 120 Å². The SMILES string of the molecule is O=C(O)c1ccc(NC(=O)C(O)c2ccccc2)c(O)c1. The quantitative estimate of drug-likeness (QED) is 0.641. The molecule has 1 unspecified atom stereocenters. The van der Waals surface area contributed by atoms with Gasteiger partial charge in [0.1, 0.15) is 5.75 Å². The number of aromatic hydroxyl groups is 1. The first kappa shape index (κ1) is 14.5. The summed E-state index contributed by atoms with van der Waals surface area (Å²) in [6.45, 7) is 0. The molecule has 0 fully saturated rings. The minimum Gasteiger partial charge on any atom is -0.506 e. The average molecular weight is 287 g/mol. The molecule has 6 heteroatoms. The molecule has 108 valence electrons. The summed E-state index contributed by atoms with van der Waals surface area (Å²) < 4.78 is 0. The van der Waals surface area contributed by atoms with Crippen molar-refractivity contribution in [2.45, 2.75) is 6.10 Å². The summed E-state index contributed by atoms with van der Waals surface area (Å²) in [5.74, 6) is -2.30. The van der Waals surface area contributed by atoms with Crippen LogP contribution < -0.4 is 5.32 Å². The number of phenols is 1. The summed E-state index contributed by atoms with van der Waals surface area (Å²) in [5, 5.41) is 30.7. The van der Waals surface area contributed by atoms with Crippen molar-refractivity contribution >= 4 is 17.6 Å². The number of rotatable bonds is 4. The number of nitrogens with one attached hydrogen (secondary N) is 1. The van der Waals surface area contributed by atoms with Crippen LogP contribution >= 0.6 is 0 Å². The van der Waals surface area contributed by atoms with E-state index in [1.807, 2.05) is 0 Å². The molecule has 0 saturated carbocycles. The van der Waals surface area contributed by atoms with E-state index >= 15 is 0 Å². The van der Waals surface area contributed by atoms with E-state index in [1.54, 1.807) is 30.3 Å². The monoisotopic (exact) mass is 287 g/mol. The Balaban J connectivity index is 2.15. The lowest BCUT2D eigenvalue weighted by atomic mass is 10.1. The van der Waals surface area contributed by atoms with E-state index in [4.69, 9.17) is 5.11 Å². The Hall–Kier alpha value is -2.86. The van der Waals surface area contributed by atoms with E-state index in [0.29, 0.717) is 5.56 Å². The van der Waals surface area contributed by atoms with Gasteiger partial charge >= 0.3 is 5.97 Å². The van der Waals surface area contributed by atoms with Crippen LogP contribution in [0.5, 0.6) is 5.75 Å². The summed E-state index contributed by atoms with van der Waals surface area (Å²) in [4.78, 5) is 22.6. The number of phenolic OH excluding ortho intramolecular Hbond substituents is 1. The van der Waals surface area contributed by atoms with E-state index in [9.17, 15) is 19.8 Å². The summed E-state index contributed by atoms with van der Waals surface area (Å²) in [7, 11) is 0. The number of hydrogen-bond acceptors (Lipinski definition) is 4. The number of benzene rings is 2. The predicted molar refractivity (Wildman–Crippen MR) is 75.1 cm³/mol. The second kappa shape index (κ2) is 6.06. The Morgan fingerprint density at radius 3 is 2.29 bits per heavy atom. The summed E-state index contributed by atoms with van der Waals surface area (Å²) in [6, 6.07) is 11.8. The van der Waals surface area contributed by atoms with Crippen molar-refractivity contribution in [1.29, 1.82) is 0 Å². The minimum absolute atomic E-state index is 0.0278. The van der Waals surface area contributed by atoms with Crippen LogP contribution in [0, 0.1) is 0 Å². The van der Waals surface area contributed by atoms with E-state index in [1.165, 1.54) is 12.1 Å². The van der Waals surface area contributed by atoms with Crippen LogP contribution in [-0.4, -0.2) is 27.2 Å². The third kappa shape index (κ3) is 3.37. The third-order valence-corrected chi connectivity index (χ3v) is 2.87. The maximum atomic E-state index is 11.9. The van der Waals surface area contributed by atoms with Gasteiger partial charge in [0, 0.05) is 0 Å². The standard InChI is InChI=1S/C15H13NO5/c17-12-8-10(15(20)21)6-7-11(12)16-14(19)13(18)9-4-2-1-3-5-9/h1-8,13,17-18H,(H,16,19)(H,20,21). The number of aromatic carboxylic acids is 1. The number of anilines is 1. The first-order chi connectivity index (χ1) is 9.99. The first-order valence-corrected chi connectivity index (χ1v) is 6.09. The van der Waals surface area contributed by atoms with Gasteiger partial charge in [-0.3, -0.25) is 4.79 Å². The molecule has 0 aliphatic carbocycles. The molecular weight excluding hydrogens is 274 g/mol. The van der Waals surface area contributed by atoms with Crippen LogP contribution in [0.3, 0.4) is 0 Å². The molecule has 1 atom stereocenters. The molecule has 21 heavy (non-hydrogen) atoms. The molecule has 6 nitrogen and oxygen atoms in total. The van der Waals surface area contributed by atoms with Crippen LogP contribution in [0.4, 0.5) is 5.69 Å². The van der Waals surface area contributed by atoms with Gasteiger partial charge in [-0.15, -0.1) is 0 Å². The van der Waals surface area contributed by atoms with Crippen molar-refractivity contribution in [3.63, 3.8) is 0 Å². The summed E-state index contributed by atoms with van der Waals surface area (Å²) in [5.41, 5.74) is 0.339. The highest BCUT2D eigenvalue weighted by Gasteiger charge is 2.18. The minimum atomic E-state index is -1.38. The molecule has 0 aromatic heterocycles. The van der Waals surface area contributed by atoms with E-state index in [2.05, 4.69) is 5.32 Å². The largest absolute Gasteiger partial charge is 0.506 e. The Bertz CT molecular complexity index is 669. The van der Waals surface area contributed by atoms with Crippen molar-refractivity contribution in [3.05, 3.63) is 59.7 Å². The number of carbonyl (C=O) groups is 2. The van der Waals surface area contributed by atoms with Crippen LogP contribution in [0.25, 0.3) is 0 Å². The van der Waals surface area contributed by atoms with Gasteiger partial charge in [0.05, 0.1) is 11.3 Å². The molecule has 0 aliphatic heterocycles. The summed E-state index contributed by atoms with van der Waals surface area (Å²) in [6.07, 6.45) is -1.38. The molecule has 2 rings (SSSR count). The highest BCUT2D eigenvalue weighted by atomic mass is 16.4. The van der Waals surface area contributed by atoms with Gasteiger partial charge in [-0.25, -0.2) is 4.79 Å². The zero-order valence-electron chi connectivity index (χ0n) is 10.9. The number of amides is 1. The van der Waals surface area contributed by atoms with Crippen molar-refractivity contribution in [3.8, 4) is 5.75 Å². The number of carboxylic acid groups (broad SMARTS) is 1. The van der Waals surface area contributed by atoms with Gasteiger partial charge in [0.25, 0.3) is 5.91 Å². The van der Waals surface area contributed by atoms with Crippen molar-refractivity contribution in [2.24, 2.45) is 0 Å². The van der Waals surface area contributed by atoms with Crippen molar-refractivity contribution in [2.75, 3.05) is 5.32 Å². The fourth-order valence-electron chi connectivity index (χ4n) is 1.76. The highest BCUT2D eigenvalue weighted by molar-refractivity contribution is 5.97. The number of aliphatic hydroxyl groups is 1. The van der Waals surface area contributed by atoms with E-state index in [0.717, 1.165) is 6.07 Å². The van der Waals surface area contributed by atoms with Crippen LogP contribution in [-0.2, 0) is 4.79 Å². The molecule has 0 saturated heterocycles. The van der Waals surface area contributed by atoms with Crippen molar-refractivity contribution in [1.82, 2.24) is 0 Å². The number of carbonyl (C=O) groups excluding carboxylic acids is 1. The number of aliphatic hydroxyl groups excluding tert-OH is 1. The van der Waals surface area contributed by atoms with E-state index < -0.39 is 18.0 Å². The molecular formula is C15H13NO5. The van der Waals surface area contributed by atoms with Gasteiger partial charge in [-0.2, -0.15) is 0 Å². The molecule has 1 amide bonds. The lowest BCUT2D eigenvalue weighted by molar-refractivity contribution is -0.124. The topological polar surface area (TPSA) is 107 Å². The van der Waals surface area contributed by atoms with Crippen molar-refractivity contribution < 1.29 is 24.9 Å². The molecule has 0 spiro atoms. The van der Waals surface area contributed by atoms with E-state index in [-0.39, 0.29) is 17.0 Å². The zero-order chi connectivity index (χ0) is 15.4. The normalized spacial score (nSPS) is 11.7. The maximum absolute atomic E-state index is 11.9. The van der Waals surface area contributed by atoms with Gasteiger partial charge in [-0.05, 0) is 23.8 Å². The van der Waals surface area contributed by atoms with Crippen LogP contribution in [0.2, 0.25) is 0 Å². The van der Waals surface area contributed by atoms with Gasteiger partial charge in [-0.1, -0.05) is 30.3 Å². The van der Waals surface area contributed by atoms with Gasteiger partial charge < -0.3 is 20.6 Å². The average Bonchev–Trinajstić information content (AvgIpc) is 2.49. The Morgan fingerprint density at radius 2 is 1.71 bits per heavy atom. The zero-order valence-corrected chi connectivity index (χ0v) is 10.9. The van der Waals surface area contributed by atoms with Gasteiger partial charge in [0.2, 0.25) is 0 Å². The number of carboxylic acids is 1. The smallest absolute Gasteiger partial charge is 0.335 e. The third-order valence-electron chi connectivity index (χ3n) is 2.87. The molecule has 0 radical (unpaired) electrons. The molecule has 2 aromatic carbocycles. The Kier molecular flexibility index (Phi) is 4.20. The molecule has 0 aliphatic rings. The fraction of sp³-hybridized carbons (Fsp3) is 0.0667. The highest BCUT2D eigenvalue weighted by Crippen LogP contribution is 2.25. The molecule has 0 bridgehead atoms. The van der Waals surface area contributed by atoms with Gasteiger partial charge in [0.15, 0.2) is 6.10 Å².